The summed E-state index contributed by atoms with van der Waals surface area (Å²) in [6.07, 6.45) is 3.30. The number of carbonyl (C=O) groups is 1. The van der Waals surface area contributed by atoms with Crippen LogP contribution in [0.1, 0.15) is 47.8 Å². The van der Waals surface area contributed by atoms with Crippen molar-refractivity contribution in [1.82, 2.24) is 15.3 Å². The smallest absolute Gasteiger partial charge is 0.226 e. The van der Waals surface area contributed by atoms with Crippen LogP contribution in [0.2, 0.25) is 0 Å². The maximum absolute atomic E-state index is 13.1. The Morgan fingerprint density at radius 3 is 2.55 bits per heavy atom. The van der Waals surface area contributed by atoms with Crippen molar-refractivity contribution in [3.05, 3.63) is 88.6 Å². The zero-order valence-corrected chi connectivity index (χ0v) is 19.1. The zero-order valence-electron chi connectivity index (χ0n) is 18.2. The van der Waals surface area contributed by atoms with Crippen LogP contribution < -0.4 is 5.32 Å². The summed E-state index contributed by atoms with van der Waals surface area (Å²) in [5.74, 6) is -0.513. The van der Waals surface area contributed by atoms with Gasteiger partial charge in [0.1, 0.15) is 5.82 Å². The maximum Gasteiger partial charge on any atom is 0.226 e. The predicted molar refractivity (Wildman–Crippen MR) is 122 cm³/mol. The van der Waals surface area contributed by atoms with Gasteiger partial charge in [-0.2, -0.15) is 0 Å². The summed E-state index contributed by atoms with van der Waals surface area (Å²) in [6, 6.07) is 10.8. The molecule has 170 valence electrons. The Balaban J connectivity index is 1.44. The maximum atomic E-state index is 13.1. The number of aliphatic imine (C=N–C) groups is 1. The van der Waals surface area contributed by atoms with E-state index < -0.39 is 9.84 Å². The lowest BCUT2D eigenvalue weighted by molar-refractivity contribution is -0.121. The Morgan fingerprint density at radius 1 is 1.12 bits per heavy atom. The van der Waals surface area contributed by atoms with E-state index in [0.29, 0.717) is 23.5 Å². The summed E-state index contributed by atoms with van der Waals surface area (Å²) in [7, 11) is -3.36. The second kappa shape index (κ2) is 9.19. The lowest BCUT2D eigenvalue weighted by Gasteiger charge is -2.14. The van der Waals surface area contributed by atoms with Gasteiger partial charge in [-0.15, -0.1) is 0 Å². The topological polar surface area (TPSA) is 101 Å². The molecule has 0 bridgehead atoms. The van der Waals surface area contributed by atoms with E-state index in [1.165, 1.54) is 24.4 Å². The number of nitrogens with zero attached hydrogens (tertiary/aromatic N) is 3. The van der Waals surface area contributed by atoms with Crippen molar-refractivity contribution >= 4 is 21.5 Å². The number of carbonyl (C=O) groups excluding carboxylic acids is 1. The highest BCUT2D eigenvalue weighted by atomic mass is 32.2. The van der Waals surface area contributed by atoms with Crippen LogP contribution in [0.25, 0.3) is 0 Å². The minimum Gasteiger partial charge on any atom is -0.349 e. The van der Waals surface area contributed by atoms with Gasteiger partial charge in [0, 0.05) is 23.5 Å². The van der Waals surface area contributed by atoms with E-state index in [1.807, 2.05) is 13.0 Å². The largest absolute Gasteiger partial charge is 0.349 e. The summed E-state index contributed by atoms with van der Waals surface area (Å²) in [5.41, 5.74) is 4.63. The number of nitrogens with one attached hydrogen (secondary N) is 1. The molecule has 9 heteroatoms. The summed E-state index contributed by atoms with van der Waals surface area (Å²) in [4.78, 5) is 25.5. The van der Waals surface area contributed by atoms with E-state index in [0.717, 1.165) is 16.7 Å². The average Bonchev–Trinajstić information content (AvgIpc) is 3.22. The monoisotopic (exact) mass is 466 g/mol. The number of halogens is 1. The van der Waals surface area contributed by atoms with E-state index in [9.17, 15) is 17.6 Å². The van der Waals surface area contributed by atoms with Crippen LogP contribution >= 0.6 is 0 Å². The molecule has 0 fully saturated rings. The van der Waals surface area contributed by atoms with E-state index in [-0.39, 0.29) is 35.0 Å². The first-order chi connectivity index (χ1) is 15.8. The van der Waals surface area contributed by atoms with Gasteiger partial charge < -0.3 is 5.32 Å². The van der Waals surface area contributed by atoms with Crippen LogP contribution in [0, 0.1) is 5.82 Å². The highest BCUT2D eigenvalue weighted by Crippen LogP contribution is 2.24. The Kier molecular flexibility index (Phi) is 6.33. The Bertz CT molecular complexity index is 1320. The SMILES string of the molecule is CCS(=O)(=O)c1ccc(C2=NCc3cc(CC(=O)N[C@H](C)c4ccc(F)cc4)ncc32)cn1. The summed E-state index contributed by atoms with van der Waals surface area (Å²) < 4.78 is 37.0. The number of hydrogen-bond donors (Lipinski definition) is 1. The van der Waals surface area contributed by atoms with Crippen molar-refractivity contribution in [2.24, 2.45) is 4.99 Å². The van der Waals surface area contributed by atoms with Crippen LogP contribution in [0.3, 0.4) is 0 Å². The summed E-state index contributed by atoms with van der Waals surface area (Å²) in [6.45, 7) is 3.87. The highest BCUT2D eigenvalue weighted by molar-refractivity contribution is 7.91. The van der Waals surface area contributed by atoms with Crippen molar-refractivity contribution in [3.63, 3.8) is 0 Å². The molecule has 2 aromatic heterocycles. The molecule has 1 aliphatic rings. The molecule has 1 amide bonds. The molecule has 7 nitrogen and oxygen atoms in total. The molecule has 0 saturated heterocycles. The molecule has 4 rings (SSSR count). The lowest BCUT2D eigenvalue weighted by Crippen LogP contribution is -2.28. The second-order valence-electron chi connectivity index (χ2n) is 7.80. The molecule has 1 aromatic carbocycles. The van der Waals surface area contributed by atoms with Crippen molar-refractivity contribution in [2.75, 3.05) is 5.75 Å². The normalized spacial score (nSPS) is 13.8. The second-order valence-corrected chi connectivity index (χ2v) is 10.0. The molecule has 0 spiro atoms. The molecule has 0 aliphatic carbocycles. The number of benzene rings is 1. The van der Waals surface area contributed by atoms with Crippen LogP contribution in [0.4, 0.5) is 4.39 Å². The molecule has 0 saturated carbocycles. The number of sulfone groups is 1. The van der Waals surface area contributed by atoms with Gasteiger partial charge in [0.25, 0.3) is 0 Å². The molecular formula is C24H23FN4O3S. The van der Waals surface area contributed by atoms with E-state index in [2.05, 4.69) is 20.3 Å². The van der Waals surface area contributed by atoms with Crippen LogP contribution in [-0.4, -0.2) is 35.8 Å². The van der Waals surface area contributed by atoms with E-state index in [1.54, 1.807) is 31.3 Å². The van der Waals surface area contributed by atoms with Crippen LogP contribution in [-0.2, 0) is 27.6 Å². The fraction of sp³-hybridized carbons (Fsp3) is 0.250. The Labute approximate surface area is 191 Å². The van der Waals surface area contributed by atoms with E-state index >= 15 is 0 Å². The average molecular weight is 467 g/mol. The number of hydrogen-bond acceptors (Lipinski definition) is 6. The number of fused-ring (bicyclic) bond motifs is 1. The van der Waals surface area contributed by atoms with Crippen LogP contribution in [0.15, 0.2) is 64.9 Å². The van der Waals surface area contributed by atoms with Gasteiger partial charge in [0.15, 0.2) is 14.9 Å². The Hall–Kier alpha value is -3.46. The lowest BCUT2D eigenvalue weighted by atomic mass is 10.0. The quantitative estimate of drug-likeness (QED) is 0.576. The fourth-order valence-electron chi connectivity index (χ4n) is 3.63. The molecular weight excluding hydrogens is 443 g/mol. The highest BCUT2D eigenvalue weighted by Gasteiger charge is 2.21. The number of amides is 1. The molecule has 1 N–H and O–H groups in total. The number of pyridine rings is 2. The Morgan fingerprint density at radius 2 is 1.88 bits per heavy atom. The van der Waals surface area contributed by atoms with Crippen LogP contribution in [0.5, 0.6) is 0 Å². The van der Waals surface area contributed by atoms with E-state index in [4.69, 9.17) is 0 Å². The zero-order chi connectivity index (χ0) is 23.6. The van der Waals surface area contributed by atoms with Crippen molar-refractivity contribution in [2.45, 2.75) is 37.9 Å². The standard InChI is InChI=1S/C24H23FN4O3S/c1-3-33(31,32)23-9-6-17(12-27-23)24-21-14-26-20(10-18(21)13-28-24)11-22(30)29-15(2)16-4-7-19(25)8-5-16/h4-10,12,14-15H,3,11,13H2,1-2H3,(H,29,30)/t15-/m1/s1. The molecule has 3 heterocycles. The van der Waals surface area contributed by atoms with Gasteiger partial charge in [0.2, 0.25) is 5.91 Å². The fourth-order valence-corrected chi connectivity index (χ4v) is 4.41. The molecule has 0 unspecified atom stereocenters. The molecule has 33 heavy (non-hydrogen) atoms. The molecule has 0 radical (unpaired) electrons. The minimum atomic E-state index is -3.36. The molecule has 3 aromatic rings. The number of aromatic nitrogens is 2. The number of rotatable bonds is 7. The minimum absolute atomic E-state index is 0.00786. The summed E-state index contributed by atoms with van der Waals surface area (Å²) in [5, 5.41) is 2.94. The van der Waals surface area contributed by atoms with Gasteiger partial charge in [-0.25, -0.2) is 17.8 Å². The van der Waals surface area contributed by atoms with Gasteiger partial charge in [0.05, 0.1) is 36.2 Å². The van der Waals surface area contributed by atoms with Gasteiger partial charge >= 0.3 is 0 Å². The predicted octanol–water partition coefficient (Wildman–Crippen LogP) is 3.18. The molecule has 1 atom stereocenters. The first kappa shape index (κ1) is 22.7. The van der Waals surface area contributed by atoms with Crippen molar-refractivity contribution in [3.8, 4) is 0 Å². The third-order valence-electron chi connectivity index (χ3n) is 5.51. The van der Waals surface area contributed by atoms with Crippen molar-refractivity contribution < 1.29 is 17.6 Å². The van der Waals surface area contributed by atoms with Gasteiger partial charge in [-0.1, -0.05) is 19.1 Å². The summed E-state index contributed by atoms with van der Waals surface area (Å²) >= 11 is 0. The van der Waals surface area contributed by atoms with Crippen molar-refractivity contribution in [1.29, 1.82) is 0 Å². The third kappa shape index (κ3) is 4.98. The molecule has 1 aliphatic heterocycles. The first-order valence-corrected chi connectivity index (χ1v) is 12.2. The van der Waals surface area contributed by atoms with Gasteiger partial charge in [-0.05, 0) is 48.4 Å². The first-order valence-electron chi connectivity index (χ1n) is 10.5. The van der Waals surface area contributed by atoms with Gasteiger partial charge in [-0.3, -0.25) is 14.8 Å². The third-order valence-corrected chi connectivity index (χ3v) is 7.15.